The Morgan fingerprint density at radius 3 is 2.52 bits per heavy atom. The monoisotopic (exact) mass is 522 g/mol. The van der Waals surface area contributed by atoms with Crippen LogP contribution in [0.2, 0.25) is 5.02 Å². The van der Waals surface area contributed by atoms with Crippen LogP contribution in [0.25, 0.3) is 0 Å². The predicted molar refractivity (Wildman–Crippen MR) is 139 cm³/mol. The smallest absolute Gasteiger partial charge is 0.264 e. The lowest BCUT2D eigenvalue weighted by atomic mass is 10.0. The molecule has 5 rings (SSSR count). The molecule has 2 heterocycles. The number of benzodiazepines with no additional fused rings is 1. The summed E-state index contributed by atoms with van der Waals surface area (Å²) in [6, 6.07) is 22.0. The molecule has 0 spiro atoms. The lowest BCUT2D eigenvalue weighted by Crippen LogP contribution is -2.53. The van der Waals surface area contributed by atoms with Crippen molar-refractivity contribution in [3.8, 4) is 0 Å². The van der Waals surface area contributed by atoms with Crippen LogP contribution < -0.4 is 10.2 Å². The summed E-state index contributed by atoms with van der Waals surface area (Å²) in [5.74, 6) is -0.121. The van der Waals surface area contributed by atoms with E-state index >= 15 is 0 Å². The molecule has 5 nitrogen and oxygen atoms in total. The van der Waals surface area contributed by atoms with Gasteiger partial charge in [-0.3, -0.25) is 14.7 Å². The number of benzene rings is 3. The van der Waals surface area contributed by atoms with Crippen LogP contribution in [-0.2, 0) is 4.79 Å². The van der Waals surface area contributed by atoms with E-state index in [1.54, 1.807) is 0 Å². The molecule has 0 saturated carbocycles. The molecule has 1 atom stereocenters. The molecule has 0 bridgehead atoms. The highest BCUT2D eigenvalue weighted by Crippen LogP contribution is 2.31. The highest BCUT2D eigenvalue weighted by Gasteiger charge is 2.33. The Morgan fingerprint density at radius 2 is 1.76 bits per heavy atom. The Hall–Kier alpha value is -2.67. The van der Waals surface area contributed by atoms with Gasteiger partial charge in [0.05, 0.1) is 11.4 Å². The van der Waals surface area contributed by atoms with Crippen molar-refractivity contribution in [3.63, 3.8) is 0 Å². The third kappa shape index (κ3) is 4.56. The van der Waals surface area contributed by atoms with Crippen molar-refractivity contribution in [2.45, 2.75) is 13.1 Å². The maximum Gasteiger partial charge on any atom is 0.264 e. The van der Waals surface area contributed by atoms with Gasteiger partial charge < -0.3 is 10.2 Å². The van der Waals surface area contributed by atoms with Gasteiger partial charge in [-0.25, -0.2) is 0 Å². The lowest BCUT2D eigenvalue weighted by molar-refractivity contribution is -0.121. The average Bonchev–Trinajstić information content (AvgIpc) is 2.95. The Kier molecular flexibility index (Phi) is 6.23. The van der Waals surface area contributed by atoms with Gasteiger partial charge in [-0.05, 0) is 48.9 Å². The Morgan fingerprint density at radius 1 is 0.970 bits per heavy atom. The first-order valence-electron chi connectivity index (χ1n) is 11.0. The molecule has 0 aliphatic carbocycles. The fourth-order valence-electron chi connectivity index (χ4n) is 4.43. The molecule has 1 amide bonds. The molecule has 1 saturated heterocycles. The van der Waals surface area contributed by atoms with Gasteiger partial charge in [0.2, 0.25) is 0 Å². The number of aryl methyl sites for hydroxylation is 1. The normalized spacial score (nSPS) is 18.9. The summed E-state index contributed by atoms with van der Waals surface area (Å²) in [5, 5.41) is 3.70. The highest BCUT2D eigenvalue weighted by molar-refractivity contribution is 9.10. The molecular formula is C26H24BrClN4O. The molecule has 3 aromatic rings. The number of nitrogens with one attached hydrogen (secondary N) is 1. The lowest BCUT2D eigenvalue weighted by Gasteiger charge is -2.38. The Balaban J connectivity index is 1.48. The number of carbonyl (C=O) groups excluding carboxylic acids is 1. The Labute approximate surface area is 207 Å². The van der Waals surface area contributed by atoms with E-state index in [9.17, 15) is 4.79 Å². The van der Waals surface area contributed by atoms with Gasteiger partial charge in [-0.1, -0.05) is 57.9 Å². The van der Waals surface area contributed by atoms with E-state index in [4.69, 9.17) is 16.6 Å². The summed E-state index contributed by atoms with van der Waals surface area (Å²) in [5.41, 5.74) is 5.60. The summed E-state index contributed by atoms with van der Waals surface area (Å²) >= 11 is 10.1. The van der Waals surface area contributed by atoms with Crippen molar-refractivity contribution in [2.24, 2.45) is 4.99 Å². The SMILES string of the molecule is Cc1cccc(N2CCN(C3N=C(c4ccccc4Cl)c4cc(Br)ccc4NC3=O)CC2)c1. The fraction of sp³-hybridized carbons (Fsp3) is 0.231. The predicted octanol–water partition coefficient (Wildman–Crippen LogP) is 5.35. The van der Waals surface area contributed by atoms with E-state index in [0.717, 1.165) is 53.2 Å². The second-order valence-corrected chi connectivity index (χ2v) is 9.70. The molecule has 3 aromatic carbocycles. The zero-order valence-corrected chi connectivity index (χ0v) is 20.6. The number of rotatable bonds is 3. The zero-order chi connectivity index (χ0) is 22.9. The number of carbonyl (C=O) groups is 1. The molecule has 7 heteroatoms. The van der Waals surface area contributed by atoms with Gasteiger partial charge in [0.25, 0.3) is 5.91 Å². The van der Waals surface area contributed by atoms with Crippen LogP contribution >= 0.6 is 27.5 Å². The van der Waals surface area contributed by atoms with Gasteiger partial charge in [0, 0.05) is 52.5 Å². The molecule has 1 unspecified atom stereocenters. The van der Waals surface area contributed by atoms with Crippen LogP contribution in [0.1, 0.15) is 16.7 Å². The number of halogens is 2. The summed E-state index contributed by atoms with van der Waals surface area (Å²) < 4.78 is 0.917. The molecule has 1 N–H and O–H groups in total. The van der Waals surface area contributed by atoms with Gasteiger partial charge in [0.1, 0.15) is 0 Å². The van der Waals surface area contributed by atoms with Crippen molar-refractivity contribution in [3.05, 3.63) is 92.9 Å². The molecule has 33 heavy (non-hydrogen) atoms. The first-order valence-corrected chi connectivity index (χ1v) is 12.2. The van der Waals surface area contributed by atoms with E-state index < -0.39 is 6.17 Å². The third-order valence-electron chi connectivity index (χ3n) is 6.14. The minimum Gasteiger partial charge on any atom is -0.369 e. The van der Waals surface area contributed by atoms with Gasteiger partial charge in [0.15, 0.2) is 6.17 Å². The number of hydrogen-bond donors (Lipinski definition) is 1. The van der Waals surface area contributed by atoms with Crippen LogP contribution in [0, 0.1) is 6.92 Å². The van der Waals surface area contributed by atoms with Crippen molar-refractivity contribution in [1.29, 1.82) is 0 Å². The van der Waals surface area contributed by atoms with Crippen LogP contribution in [0.5, 0.6) is 0 Å². The minimum atomic E-state index is -0.623. The summed E-state index contributed by atoms with van der Waals surface area (Å²) in [7, 11) is 0. The van der Waals surface area contributed by atoms with Crippen LogP contribution in [0.4, 0.5) is 11.4 Å². The Bertz CT molecular complexity index is 1240. The largest absolute Gasteiger partial charge is 0.369 e. The van der Waals surface area contributed by atoms with Gasteiger partial charge >= 0.3 is 0 Å². The second-order valence-electron chi connectivity index (χ2n) is 8.37. The van der Waals surface area contributed by atoms with Crippen molar-refractivity contribution in [2.75, 3.05) is 36.4 Å². The fourth-order valence-corrected chi connectivity index (χ4v) is 5.02. The topological polar surface area (TPSA) is 47.9 Å². The number of piperazine rings is 1. The molecule has 0 aromatic heterocycles. The number of fused-ring (bicyclic) bond motifs is 1. The number of hydrogen-bond acceptors (Lipinski definition) is 4. The van der Waals surface area contributed by atoms with E-state index in [1.165, 1.54) is 11.3 Å². The van der Waals surface area contributed by atoms with Gasteiger partial charge in [-0.2, -0.15) is 0 Å². The second kappa shape index (κ2) is 9.29. The number of anilines is 2. The number of aliphatic imine (C=N–C) groups is 1. The van der Waals surface area contributed by atoms with E-state index in [-0.39, 0.29) is 5.91 Å². The number of amides is 1. The molecule has 2 aliphatic rings. The van der Waals surface area contributed by atoms with E-state index in [2.05, 4.69) is 62.2 Å². The van der Waals surface area contributed by atoms with Crippen LogP contribution in [0.15, 0.2) is 76.2 Å². The van der Waals surface area contributed by atoms with E-state index in [0.29, 0.717) is 5.02 Å². The van der Waals surface area contributed by atoms with Crippen LogP contribution in [0.3, 0.4) is 0 Å². The van der Waals surface area contributed by atoms with Crippen molar-refractivity contribution < 1.29 is 4.79 Å². The zero-order valence-electron chi connectivity index (χ0n) is 18.3. The summed E-state index contributed by atoms with van der Waals surface area (Å²) in [6.07, 6.45) is -0.623. The molecule has 2 aliphatic heterocycles. The maximum absolute atomic E-state index is 13.3. The van der Waals surface area contributed by atoms with Gasteiger partial charge in [-0.15, -0.1) is 0 Å². The molecule has 168 valence electrons. The molecule has 1 fully saturated rings. The van der Waals surface area contributed by atoms with Crippen molar-refractivity contribution in [1.82, 2.24) is 4.90 Å². The molecule has 0 radical (unpaired) electrons. The quantitative estimate of drug-likeness (QED) is 0.504. The first kappa shape index (κ1) is 22.1. The van der Waals surface area contributed by atoms with Crippen molar-refractivity contribution >= 4 is 50.5 Å². The first-order chi connectivity index (χ1) is 16.0. The number of nitrogens with zero attached hydrogens (tertiary/aromatic N) is 3. The third-order valence-corrected chi connectivity index (χ3v) is 6.96. The standard InChI is InChI=1S/C26H24BrClN4O/c1-17-5-4-6-19(15-17)31-11-13-32(14-12-31)25-26(33)29-23-10-9-18(27)16-21(23)24(30-25)20-7-2-3-8-22(20)28/h2-10,15-16,25H,11-14H2,1H3,(H,29,33). The summed E-state index contributed by atoms with van der Waals surface area (Å²) in [6.45, 7) is 5.26. The average molecular weight is 524 g/mol. The maximum atomic E-state index is 13.3. The summed E-state index contributed by atoms with van der Waals surface area (Å²) in [4.78, 5) is 22.8. The minimum absolute atomic E-state index is 0.121. The van der Waals surface area contributed by atoms with Crippen LogP contribution in [-0.4, -0.2) is 48.9 Å². The highest BCUT2D eigenvalue weighted by atomic mass is 79.9. The van der Waals surface area contributed by atoms with E-state index in [1.807, 2.05) is 42.5 Å². The molecular weight excluding hydrogens is 500 g/mol.